The van der Waals surface area contributed by atoms with Gasteiger partial charge in [0.05, 0.1) is 23.8 Å². The fraction of sp³-hybridized carbons (Fsp3) is 0.357. The van der Waals surface area contributed by atoms with E-state index in [1.165, 1.54) is 6.07 Å². The normalized spacial score (nSPS) is 17.3. The summed E-state index contributed by atoms with van der Waals surface area (Å²) in [6.45, 7) is 4.40. The number of carbonyl (C=O) groups is 1. The van der Waals surface area contributed by atoms with Crippen molar-refractivity contribution in [2.45, 2.75) is 26.4 Å². The van der Waals surface area contributed by atoms with E-state index in [4.69, 9.17) is 9.47 Å². The van der Waals surface area contributed by atoms with Gasteiger partial charge in [0.25, 0.3) is 0 Å². The van der Waals surface area contributed by atoms with E-state index in [0.29, 0.717) is 23.3 Å². The van der Waals surface area contributed by atoms with Crippen molar-refractivity contribution in [2.75, 3.05) is 6.61 Å². The molecule has 0 amide bonds. The number of hydrogen-bond donors (Lipinski definition) is 1. The van der Waals surface area contributed by atoms with Gasteiger partial charge >= 0.3 is 0 Å². The molecule has 0 unspecified atom stereocenters. The minimum Gasteiger partial charge on any atom is -0.543 e. The zero-order chi connectivity index (χ0) is 13.6. The van der Waals surface area contributed by atoms with Crippen LogP contribution in [0.15, 0.2) is 12.1 Å². The molecular formula is C14H14NO4-. The molecule has 0 bridgehead atoms. The van der Waals surface area contributed by atoms with Crippen molar-refractivity contribution in [1.29, 1.82) is 0 Å². The number of aromatic amines is 1. The Morgan fingerprint density at radius 1 is 1.58 bits per heavy atom. The molecule has 5 heteroatoms. The van der Waals surface area contributed by atoms with Crippen LogP contribution in [0.3, 0.4) is 0 Å². The highest BCUT2D eigenvalue weighted by molar-refractivity contribution is 5.99. The van der Waals surface area contributed by atoms with E-state index in [0.717, 1.165) is 17.7 Å². The lowest BCUT2D eigenvalue weighted by atomic mass is 10.1. The number of benzene rings is 1. The minimum absolute atomic E-state index is 0.0347. The summed E-state index contributed by atoms with van der Waals surface area (Å²) in [6, 6.07) is 3.46. The highest BCUT2D eigenvalue weighted by Crippen LogP contribution is 2.41. The summed E-state index contributed by atoms with van der Waals surface area (Å²) in [7, 11) is 0. The number of carboxylic acids is 1. The number of ether oxygens (including phenoxy) is 2. The molecule has 0 radical (unpaired) electrons. The van der Waals surface area contributed by atoms with Crippen LogP contribution in [-0.2, 0) is 6.42 Å². The second-order valence-corrected chi connectivity index (χ2v) is 4.69. The monoisotopic (exact) mass is 260 g/mol. The third kappa shape index (κ3) is 1.82. The third-order valence-electron chi connectivity index (χ3n) is 3.25. The van der Waals surface area contributed by atoms with Gasteiger partial charge in [-0.25, -0.2) is 0 Å². The highest BCUT2D eigenvalue weighted by atomic mass is 16.5. The third-order valence-corrected chi connectivity index (χ3v) is 3.25. The van der Waals surface area contributed by atoms with Crippen molar-refractivity contribution in [1.82, 2.24) is 4.98 Å². The van der Waals surface area contributed by atoms with Crippen LogP contribution in [0.4, 0.5) is 0 Å². The summed E-state index contributed by atoms with van der Waals surface area (Å²) in [4.78, 5) is 13.8. The van der Waals surface area contributed by atoms with Crippen molar-refractivity contribution >= 4 is 16.9 Å². The summed E-state index contributed by atoms with van der Waals surface area (Å²) >= 11 is 0. The molecule has 0 saturated heterocycles. The van der Waals surface area contributed by atoms with Gasteiger partial charge in [0, 0.05) is 17.4 Å². The van der Waals surface area contributed by atoms with Crippen LogP contribution in [0.5, 0.6) is 11.5 Å². The Morgan fingerprint density at radius 3 is 3.05 bits per heavy atom. The van der Waals surface area contributed by atoms with Gasteiger partial charge in [0.1, 0.15) is 17.6 Å². The Bertz CT molecular complexity index is 659. The molecule has 0 saturated carbocycles. The second-order valence-electron chi connectivity index (χ2n) is 4.69. The van der Waals surface area contributed by atoms with E-state index in [1.54, 1.807) is 0 Å². The van der Waals surface area contributed by atoms with Gasteiger partial charge in [0.2, 0.25) is 0 Å². The topological polar surface area (TPSA) is 74.4 Å². The average molecular weight is 260 g/mol. The number of carbonyl (C=O) groups excluding carboxylic acids is 1. The van der Waals surface area contributed by atoms with Gasteiger partial charge in [-0.05, 0) is 26.0 Å². The first-order valence-electron chi connectivity index (χ1n) is 6.29. The highest BCUT2D eigenvalue weighted by Gasteiger charge is 2.25. The largest absolute Gasteiger partial charge is 0.543 e. The van der Waals surface area contributed by atoms with Gasteiger partial charge in [0.15, 0.2) is 0 Å². The Hall–Kier alpha value is -2.17. The molecule has 2 heterocycles. The molecule has 2 aromatic rings. The fourth-order valence-electron chi connectivity index (χ4n) is 2.51. The van der Waals surface area contributed by atoms with E-state index in [2.05, 4.69) is 4.98 Å². The molecule has 1 aromatic heterocycles. The quantitative estimate of drug-likeness (QED) is 0.901. The lowest BCUT2D eigenvalue weighted by Crippen LogP contribution is -2.22. The number of H-pyrrole nitrogens is 1. The molecule has 1 aliphatic heterocycles. The number of aromatic nitrogens is 1. The lowest BCUT2D eigenvalue weighted by Gasteiger charge is -2.08. The molecule has 1 aliphatic rings. The van der Waals surface area contributed by atoms with Gasteiger partial charge in [-0.1, -0.05) is 0 Å². The first-order chi connectivity index (χ1) is 9.10. The number of nitrogens with one attached hydrogen (secondary N) is 1. The predicted octanol–water partition coefficient (Wildman–Crippen LogP) is 1.25. The number of fused-ring (bicyclic) bond motifs is 3. The van der Waals surface area contributed by atoms with Crippen molar-refractivity contribution < 1.29 is 19.4 Å². The molecule has 1 N–H and O–H groups in total. The van der Waals surface area contributed by atoms with E-state index in [9.17, 15) is 9.90 Å². The predicted molar refractivity (Wildman–Crippen MR) is 67.6 cm³/mol. The first-order valence-corrected chi connectivity index (χ1v) is 6.29. The van der Waals surface area contributed by atoms with Gasteiger partial charge in [-0.3, -0.25) is 0 Å². The number of carboxylic acid groups (broad SMARTS) is 1. The van der Waals surface area contributed by atoms with Crippen LogP contribution in [0.1, 0.15) is 29.9 Å². The molecule has 0 aliphatic carbocycles. The summed E-state index contributed by atoms with van der Waals surface area (Å²) < 4.78 is 11.3. The zero-order valence-electron chi connectivity index (χ0n) is 10.8. The van der Waals surface area contributed by atoms with E-state index < -0.39 is 5.97 Å². The molecule has 19 heavy (non-hydrogen) atoms. The number of hydrogen-bond acceptors (Lipinski definition) is 4. The van der Waals surface area contributed by atoms with Crippen molar-refractivity contribution in [2.24, 2.45) is 0 Å². The number of rotatable bonds is 3. The molecule has 1 aromatic carbocycles. The Kier molecular flexibility index (Phi) is 2.62. The molecular weight excluding hydrogens is 246 g/mol. The standard InChI is InChI=1S/C14H15NO4/c1-3-18-11-5-8-4-7(2)19-13(8)12-9(11)6-10(15-12)14(16)17/h5-7,15H,3-4H2,1-2H3,(H,16,17)/p-1/t7-/m1/s1. The van der Waals surface area contributed by atoms with Crippen LogP contribution in [0.2, 0.25) is 0 Å². The van der Waals surface area contributed by atoms with Crippen LogP contribution in [0, 0.1) is 0 Å². The van der Waals surface area contributed by atoms with Crippen LogP contribution < -0.4 is 14.6 Å². The maximum Gasteiger partial charge on any atom is 0.147 e. The smallest absolute Gasteiger partial charge is 0.147 e. The molecule has 5 nitrogen and oxygen atoms in total. The number of aromatic carboxylic acids is 1. The Labute approximate surface area is 110 Å². The first kappa shape index (κ1) is 11.9. The summed E-state index contributed by atoms with van der Waals surface area (Å²) in [5, 5.41) is 11.7. The van der Waals surface area contributed by atoms with Gasteiger partial charge in [-0.15, -0.1) is 0 Å². The summed E-state index contributed by atoms with van der Waals surface area (Å²) in [5.74, 6) is 0.162. The Balaban J connectivity index is 2.26. The van der Waals surface area contributed by atoms with Gasteiger partial charge < -0.3 is 24.4 Å². The van der Waals surface area contributed by atoms with Crippen LogP contribution in [-0.4, -0.2) is 23.7 Å². The minimum atomic E-state index is -1.24. The summed E-state index contributed by atoms with van der Waals surface area (Å²) in [6.07, 6.45) is 0.884. The fourth-order valence-corrected chi connectivity index (χ4v) is 2.51. The van der Waals surface area contributed by atoms with Gasteiger partial charge in [-0.2, -0.15) is 0 Å². The summed E-state index contributed by atoms with van der Waals surface area (Å²) in [5.41, 5.74) is 1.74. The average Bonchev–Trinajstić information content (AvgIpc) is 2.92. The van der Waals surface area contributed by atoms with E-state index in [-0.39, 0.29) is 11.8 Å². The Morgan fingerprint density at radius 2 is 2.37 bits per heavy atom. The van der Waals surface area contributed by atoms with E-state index in [1.807, 2.05) is 19.9 Å². The van der Waals surface area contributed by atoms with Crippen molar-refractivity contribution in [3.8, 4) is 11.5 Å². The molecule has 0 spiro atoms. The molecule has 100 valence electrons. The lowest BCUT2D eigenvalue weighted by molar-refractivity contribution is -0.255. The molecule has 1 atom stereocenters. The SMILES string of the molecule is CCOc1cc2c(c3[nH]c(C(=O)[O-])cc13)O[C@H](C)C2. The van der Waals surface area contributed by atoms with Crippen molar-refractivity contribution in [3.63, 3.8) is 0 Å². The second kappa shape index (κ2) is 4.19. The van der Waals surface area contributed by atoms with E-state index >= 15 is 0 Å². The van der Waals surface area contributed by atoms with Crippen LogP contribution >= 0.6 is 0 Å². The maximum atomic E-state index is 11.0. The zero-order valence-corrected chi connectivity index (χ0v) is 10.8. The maximum absolute atomic E-state index is 11.0. The van der Waals surface area contributed by atoms with Crippen molar-refractivity contribution in [3.05, 3.63) is 23.4 Å². The molecule has 3 rings (SSSR count). The van der Waals surface area contributed by atoms with Crippen LogP contribution in [0.25, 0.3) is 10.9 Å². The molecule has 0 fully saturated rings.